The van der Waals surface area contributed by atoms with Crippen molar-refractivity contribution in [3.05, 3.63) is 216 Å². The average Bonchev–Trinajstić information content (AvgIpc) is 3.50. The van der Waals surface area contributed by atoms with Crippen molar-refractivity contribution in [3.8, 4) is 67.1 Å². The van der Waals surface area contributed by atoms with Gasteiger partial charge in [-0.3, -0.25) is 0 Å². The molecule has 0 unspecified atom stereocenters. The molecular formula is C49H34O2. The van der Waals surface area contributed by atoms with E-state index in [4.69, 9.17) is 0 Å². The van der Waals surface area contributed by atoms with E-state index in [1.807, 2.05) is 84.9 Å². The molecule has 2 nitrogen and oxygen atoms in total. The molecule has 51 heavy (non-hydrogen) atoms. The summed E-state index contributed by atoms with van der Waals surface area (Å²) in [5.74, 6) is 0.501. The van der Waals surface area contributed by atoms with Gasteiger partial charge in [0.25, 0.3) is 0 Å². The molecule has 0 fully saturated rings. The lowest BCUT2D eigenvalue weighted by Gasteiger charge is -2.37. The van der Waals surface area contributed by atoms with Crippen LogP contribution < -0.4 is 0 Å². The first kappa shape index (κ1) is 30.4. The molecule has 0 saturated heterocycles. The van der Waals surface area contributed by atoms with Crippen molar-refractivity contribution in [1.82, 2.24) is 0 Å². The lowest BCUT2D eigenvalue weighted by atomic mass is 9.64. The smallest absolute Gasteiger partial charge is 0.123 e. The van der Waals surface area contributed by atoms with Gasteiger partial charge in [-0.25, -0.2) is 0 Å². The van der Waals surface area contributed by atoms with Crippen LogP contribution >= 0.6 is 0 Å². The predicted molar refractivity (Wildman–Crippen MR) is 209 cm³/mol. The first-order valence-corrected chi connectivity index (χ1v) is 17.3. The van der Waals surface area contributed by atoms with Crippen molar-refractivity contribution in [2.75, 3.05) is 0 Å². The first-order chi connectivity index (χ1) is 25.1. The normalized spacial score (nSPS) is 12.6. The van der Waals surface area contributed by atoms with E-state index in [-0.39, 0.29) is 11.5 Å². The van der Waals surface area contributed by atoms with Crippen LogP contribution in [0.4, 0.5) is 0 Å². The van der Waals surface area contributed by atoms with Crippen molar-refractivity contribution in [3.63, 3.8) is 0 Å². The van der Waals surface area contributed by atoms with Gasteiger partial charge in [0.05, 0.1) is 5.41 Å². The highest BCUT2D eigenvalue weighted by atomic mass is 16.3. The third kappa shape index (κ3) is 4.87. The van der Waals surface area contributed by atoms with Crippen LogP contribution in [0.15, 0.2) is 194 Å². The van der Waals surface area contributed by atoms with Crippen molar-refractivity contribution in [1.29, 1.82) is 0 Å². The monoisotopic (exact) mass is 654 g/mol. The first-order valence-electron chi connectivity index (χ1n) is 17.3. The number of phenols is 2. The van der Waals surface area contributed by atoms with Gasteiger partial charge in [-0.2, -0.15) is 0 Å². The average molecular weight is 655 g/mol. The Morgan fingerprint density at radius 2 is 0.569 bits per heavy atom. The fourth-order valence-corrected chi connectivity index (χ4v) is 8.19. The summed E-state index contributed by atoms with van der Waals surface area (Å²) in [5, 5.41) is 22.1. The second kappa shape index (κ2) is 12.4. The van der Waals surface area contributed by atoms with Crippen LogP contribution in [0.3, 0.4) is 0 Å². The number of fused-ring (bicyclic) bond motifs is 3. The van der Waals surface area contributed by atoms with E-state index in [1.165, 1.54) is 22.3 Å². The summed E-state index contributed by atoms with van der Waals surface area (Å²) in [7, 11) is 0. The van der Waals surface area contributed by atoms with Gasteiger partial charge in [-0.05, 0) is 91.0 Å². The van der Waals surface area contributed by atoms with Crippen LogP contribution in [0.2, 0.25) is 0 Å². The maximum atomic E-state index is 11.1. The van der Waals surface area contributed by atoms with E-state index in [0.29, 0.717) is 0 Å². The van der Waals surface area contributed by atoms with Gasteiger partial charge < -0.3 is 10.2 Å². The van der Waals surface area contributed by atoms with Crippen LogP contribution in [0.25, 0.3) is 55.6 Å². The Morgan fingerprint density at radius 1 is 0.255 bits per heavy atom. The van der Waals surface area contributed by atoms with Gasteiger partial charge in [0.2, 0.25) is 0 Å². The van der Waals surface area contributed by atoms with E-state index >= 15 is 0 Å². The number of rotatable bonds is 6. The molecule has 2 heteroatoms. The number of hydrogen-bond donors (Lipinski definition) is 2. The standard InChI is InChI=1S/C49H34O2/c50-47-29-27-35(31-41(47)33-15-3-1-4-16-33)37-19-7-11-23-43(37)49(45-25-13-9-21-39(45)40-22-10-14-26-46(40)49)44-24-12-8-20-38(44)36-28-30-48(51)42(32-36)34-17-5-2-6-18-34/h1-32,50-51H. The minimum Gasteiger partial charge on any atom is -0.507 e. The highest BCUT2D eigenvalue weighted by Crippen LogP contribution is 2.59. The molecule has 0 atom stereocenters. The highest BCUT2D eigenvalue weighted by molar-refractivity contribution is 5.92. The van der Waals surface area contributed by atoms with Crippen LogP contribution in [0.1, 0.15) is 22.3 Å². The van der Waals surface area contributed by atoms with E-state index in [2.05, 4.69) is 109 Å². The van der Waals surface area contributed by atoms with Crippen molar-refractivity contribution in [2.45, 2.75) is 5.41 Å². The van der Waals surface area contributed by atoms with Gasteiger partial charge in [0.1, 0.15) is 11.5 Å². The minimum atomic E-state index is -0.698. The highest BCUT2D eigenvalue weighted by Gasteiger charge is 2.48. The Hall–Kier alpha value is -6.64. The molecule has 0 radical (unpaired) electrons. The van der Waals surface area contributed by atoms with E-state index in [1.54, 1.807) is 0 Å². The predicted octanol–water partition coefficient (Wildman–Crippen LogP) is 12.1. The Labute approximate surface area is 298 Å². The molecule has 8 aromatic rings. The van der Waals surface area contributed by atoms with Crippen molar-refractivity contribution in [2.24, 2.45) is 0 Å². The van der Waals surface area contributed by atoms with Gasteiger partial charge in [-0.1, -0.05) is 170 Å². The Bertz CT molecular complexity index is 2370. The maximum absolute atomic E-state index is 11.1. The Balaban J connectivity index is 1.36. The topological polar surface area (TPSA) is 40.5 Å². The maximum Gasteiger partial charge on any atom is 0.123 e. The van der Waals surface area contributed by atoms with E-state index in [0.717, 1.165) is 55.6 Å². The Kier molecular flexibility index (Phi) is 7.37. The van der Waals surface area contributed by atoms with Crippen LogP contribution in [0.5, 0.6) is 11.5 Å². The summed E-state index contributed by atoms with van der Waals surface area (Å²) in [6.07, 6.45) is 0. The van der Waals surface area contributed by atoms with Gasteiger partial charge in [0, 0.05) is 11.1 Å². The fraction of sp³-hybridized carbons (Fsp3) is 0.0204. The van der Waals surface area contributed by atoms with Gasteiger partial charge >= 0.3 is 0 Å². The van der Waals surface area contributed by atoms with Gasteiger partial charge in [0.15, 0.2) is 0 Å². The van der Waals surface area contributed by atoms with Gasteiger partial charge in [-0.15, -0.1) is 0 Å². The summed E-state index contributed by atoms with van der Waals surface area (Å²) < 4.78 is 0. The third-order valence-corrected chi connectivity index (χ3v) is 10.4. The molecule has 1 aliphatic carbocycles. The molecule has 0 heterocycles. The van der Waals surface area contributed by atoms with Crippen LogP contribution in [-0.4, -0.2) is 10.2 Å². The molecule has 8 aromatic carbocycles. The number of aromatic hydroxyl groups is 2. The summed E-state index contributed by atoms with van der Waals surface area (Å²) in [6, 6.07) is 67.1. The largest absolute Gasteiger partial charge is 0.507 e. The summed E-state index contributed by atoms with van der Waals surface area (Å²) in [5.41, 5.74) is 14.2. The molecule has 0 spiro atoms. The summed E-state index contributed by atoms with van der Waals surface area (Å²) in [4.78, 5) is 0. The van der Waals surface area contributed by atoms with E-state index < -0.39 is 5.41 Å². The second-order valence-electron chi connectivity index (χ2n) is 13.1. The third-order valence-electron chi connectivity index (χ3n) is 10.4. The number of benzene rings is 8. The zero-order valence-electron chi connectivity index (χ0n) is 27.9. The molecule has 242 valence electrons. The fourth-order valence-electron chi connectivity index (χ4n) is 8.19. The Morgan fingerprint density at radius 3 is 0.961 bits per heavy atom. The zero-order valence-corrected chi connectivity index (χ0v) is 27.9. The van der Waals surface area contributed by atoms with E-state index in [9.17, 15) is 10.2 Å². The molecule has 0 aromatic heterocycles. The SMILES string of the molecule is Oc1ccc(-c2ccccc2C2(c3ccccc3-c3ccc(O)c(-c4ccccc4)c3)c3ccccc3-c3ccccc32)cc1-c1ccccc1. The molecule has 1 aliphatic rings. The molecular weight excluding hydrogens is 621 g/mol. The number of hydrogen-bond acceptors (Lipinski definition) is 2. The quantitative estimate of drug-likeness (QED) is 0.187. The molecule has 9 rings (SSSR count). The van der Waals surface area contributed by atoms with Crippen LogP contribution in [0, 0.1) is 0 Å². The molecule has 0 amide bonds. The lowest BCUT2D eigenvalue weighted by Crippen LogP contribution is -2.30. The van der Waals surface area contributed by atoms with Crippen molar-refractivity contribution >= 4 is 0 Å². The molecule has 0 bridgehead atoms. The summed E-state index contributed by atoms with van der Waals surface area (Å²) >= 11 is 0. The molecule has 0 saturated carbocycles. The van der Waals surface area contributed by atoms with Crippen molar-refractivity contribution < 1.29 is 10.2 Å². The minimum absolute atomic E-state index is 0.251. The second-order valence-corrected chi connectivity index (χ2v) is 13.1. The van der Waals surface area contributed by atoms with Crippen LogP contribution in [-0.2, 0) is 5.41 Å². The summed E-state index contributed by atoms with van der Waals surface area (Å²) in [6.45, 7) is 0. The number of phenolic OH excluding ortho intramolecular Hbond substituents is 2. The molecule has 2 N–H and O–H groups in total. The molecule has 0 aliphatic heterocycles. The lowest BCUT2D eigenvalue weighted by molar-refractivity contribution is 0.477. The zero-order chi connectivity index (χ0) is 34.4.